The molecule has 0 amide bonds. The summed E-state index contributed by atoms with van der Waals surface area (Å²) < 4.78 is 1.82. The van der Waals surface area contributed by atoms with E-state index < -0.39 is 5.97 Å². The van der Waals surface area contributed by atoms with Gasteiger partial charge in [-0.15, -0.1) is 0 Å². The van der Waals surface area contributed by atoms with E-state index in [0.29, 0.717) is 22.2 Å². The molecule has 0 fully saturated rings. The van der Waals surface area contributed by atoms with E-state index in [2.05, 4.69) is 0 Å². The highest BCUT2D eigenvalue weighted by Crippen LogP contribution is 2.27. The van der Waals surface area contributed by atoms with E-state index in [-0.39, 0.29) is 5.56 Å². The first-order valence-electron chi connectivity index (χ1n) is 6.97. The number of carboxylic acid groups (broad SMARTS) is 1. The number of rotatable bonds is 4. The molecule has 0 aliphatic rings. The monoisotopic (exact) mass is 345 g/mol. The van der Waals surface area contributed by atoms with Gasteiger partial charge in [0.2, 0.25) is 0 Å². The second-order valence-electron chi connectivity index (χ2n) is 5.16. The van der Waals surface area contributed by atoms with Crippen molar-refractivity contribution in [1.29, 1.82) is 0 Å². The van der Waals surface area contributed by atoms with Crippen molar-refractivity contribution in [2.24, 2.45) is 0 Å². The summed E-state index contributed by atoms with van der Waals surface area (Å²) in [6, 6.07) is 14.7. The van der Waals surface area contributed by atoms with E-state index >= 15 is 0 Å². The van der Waals surface area contributed by atoms with Crippen LogP contribution in [0.3, 0.4) is 0 Å². The molecular weight excluding hydrogens is 333 g/mol. The Balaban J connectivity index is 2.00. The quantitative estimate of drug-likeness (QED) is 0.705. The van der Waals surface area contributed by atoms with Crippen LogP contribution in [0.2, 0.25) is 10.0 Å². The molecule has 0 unspecified atom stereocenters. The van der Waals surface area contributed by atoms with Crippen molar-refractivity contribution in [3.05, 3.63) is 82.1 Å². The van der Waals surface area contributed by atoms with E-state index in [0.717, 1.165) is 11.1 Å². The highest BCUT2D eigenvalue weighted by atomic mass is 35.5. The summed E-state index contributed by atoms with van der Waals surface area (Å²) in [6.07, 6.45) is 3.44. The number of carbonyl (C=O) groups is 1. The van der Waals surface area contributed by atoms with E-state index in [9.17, 15) is 9.90 Å². The molecule has 3 rings (SSSR count). The Kier molecular flexibility index (Phi) is 4.42. The predicted octanol–water partition coefficient (Wildman–Crippen LogP) is 5.21. The van der Waals surface area contributed by atoms with Crippen LogP contribution in [0.4, 0.5) is 0 Å². The van der Waals surface area contributed by atoms with E-state index in [1.807, 2.05) is 47.2 Å². The van der Waals surface area contributed by atoms with E-state index in [1.165, 1.54) is 0 Å². The zero-order valence-corrected chi connectivity index (χ0v) is 13.6. The first kappa shape index (κ1) is 15.7. The highest BCUT2D eigenvalue weighted by molar-refractivity contribution is 6.35. The van der Waals surface area contributed by atoms with Gasteiger partial charge < -0.3 is 9.67 Å². The third kappa shape index (κ3) is 3.41. The standard InChI is InChI=1S/C18H13Cl2NO2/c19-14-7-6-13(17(20)8-14)9-21-10-15(16(11-21)18(22)23)12-4-2-1-3-5-12/h1-8,10-11H,9H2,(H,22,23). The Morgan fingerprint density at radius 2 is 1.78 bits per heavy atom. The van der Waals surface area contributed by atoms with Crippen molar-refractivity contribution < 1.29 is 9.90 Å². The average molecular weight is 346 g/mol. The van der Waals surface area contributed by atoms with Gasteiger partial charge in [-0.2, -0.15) is 0 Å². The van der Waals surface area contributed by atoms with Crippen LogP contribution in [0.15, 0.2) is 60.9 Å². The summed E-state index contributed by atoms with van der Waals surface area (Å²) in [7, 11) is 0. The first-order valence-corrected chi connectivity index (χ1v) is 7.72. The molecular formula is C18H13Cl2NO2. The highest BCUT2D eigenvalue weighted by Gasteiger charge is 2.15. The number of carboxylic acids is 1. The summed E-state index contributed by atoms with van der Waals surface area (Å²) >= 11 is 12.1. The maximum Gasteiger partial charge on any atom is 0.337 e. The largest absolute Gasteiger partial charge is 0.478 e. The van der Waals surface area contributed by atoms with Crippen molar-refractivity contribution in [3.8, 4) is 11.1 Å². The molecule has 116 valence electrons. The molecule has 1 heterocycles. The van der Waals surface area contributed by atoms with Gasteiger partial charge in [-0.05, 0) is 23.3 Å². The van der Waals surface area contributed by atoms with Crippen molar-refractivity contribution in [2.75, 3.05) is 0 Å². The molecule has 1 aromatic heterocycles. The maximum atomic E-state index is 11.5. The fourth-order valence-corrected chi connectivity index (χ4v) is 2.93. The summed E-state index contributed by atoms with van der Waals surface area (Å²) in [5.41, 5.74) is 2.69. The van der Waals surface area contributed by atoms with Gasteiger partial charge >= 0.3 is 5.97 Å². The van der Waals surface area contributed by atoms with Crippen LogP contribution in [0, 0.1) is 0 Å². The normalized spacial score (nSPS) is 10.7. The molecule has 5 heteroatoms. The molecule has 0 bridgehead atoms. The van der Waals surface area contributed by atoms with Crippen LogP contribution in [0.1, 0.15) is 15.9 Å². The Morgan fingerprint density at radius 3 is 2.43 bits per heavy atom. The minimum atomic E-state index is -0.954. The van der Waals surface area contributed by atoms with Gasteiger partial charge in [0.1, 0.15) is 0 Å². The fraction of sp³-hybridized carbons (Fsp3) is 0.0556. The molecule has 0 radical (unpaired) electrons. The predicted molar refractivity (Wildman–Crippen MR) is 92.4 cm³/mol. The molecule has 0 saturated carbocycles. The van der Waals surface area contributed by atoms with Crippen LogP contribution in [0.5, 0.6) is 0 Å². The van der Waals surface area contributed by atoms with E-state index in [1.54, 1.807) is 18.3 Å². The molecule has 0 spiro atoms. The third-order valence-corrected chi connectivity index (χ3v) is 4.15. The lowest BCUT2D eigenvalue weighted by Crippen LogP contribution is -1.99. The average Bonchev–Trinajstić information content (AvgIpc) is 2.95. The van der Waals surface area contributed by atoms with Gasteiger partial charge in [0.25, 0.3) is 0 Å². The minimum Gasteiger partial charge on any atom is -0.478 e. The molecule has 3 aromatic rings. The smallest absolute Gasteiger partial charge is 0.337 e. The SMILES string of the molecule is O=C(O)c1cn(Cc2ccc(Cl)cc2Cl)cc1-c1ccccc1. The number of aromatic nitrogens is 1. The van der Waals surface area contributed by atoms with Crippen LogP contribution in [-0.4, -0.2) is 15.6 Å². The number of halogens is 2. The Hall–Kier alpha value is -2.23. The molecule has 0 aliphatic carbocycles. The lowest BCUT2D eigenvalue weighted by molar-refractivity contribution is 0.0697. The Labute approximate surface area is 143 Å². The maximum absolute atomic E-state index is 11.5. The van der Waals surface area contributed by atoms with Gasteiger partial charge in [-0.1, -0.05) is 59.6 Å². The van der Waals surface area contributed by atoms with Crippen LogP contribution in [-0.2, 0) is 6.54 Å². The minimum absolute atomic E-state index is 0.265. The first-order chi connectivity index (χ1) is 11.0. The van der Waals surface area contributed by atoms with Crippen LogP contribution >= 0.6 is 23.2 Å². The van der Waals surface area contributed by atoms with Gasteiger partial charge in [0, 0.05) is 34.5 Å². The Morgan fingerprint density at radius 1 is 1.04 bits per heavy atom. The molecule has 2 aromatic carbocycles. The van der Waals surface area contributed by atoms with Crippen molar-refractivity contribution in [3.63, 3.8) is 0 Å². The molecule has 3 nitrogen and oxygen atoms in total. The number of benzene rings is 2. The molecule has 0 aliphatic heterocycles. The summed E-state index contributed by atoms with van der Waals surface area (Å²) in [5.74, 6) is -0.954. The molecule has 1 N–H and O–H groups in total. The molecule has 23 heavy (non-hydrogen) atoms. The van der Waals surface area contributed by atoms with Gasteiger partial charge in [0.15, 0.2) is 0 Å². The van der Waals surface area contributed by atoms with Gasteiger partial charge in [-0.25, -0.2) is 4.79 Å². The summed E-state index contributed by atoms with van der Waals surface area (Å²) in [5, 5.41) is 10.6. The van der Waals surface area contributed by atoms with Crippen molar-refractivity contribution in [2.45, 2.75) is 6.54 Å². The number of hydrogen-bond donors (Lipinski definition) is 1. The topological polar surface area (TPSA) is 42.2 Å². The molecule has 0 saturated heterocycles. The summed E-state index contributed by atoms with van der Waals surface area (Å²) in [6.45, 7) is 0.475. The van der Waals surface area contributed by atoms with Gasteiger partial charge in [-0.3, -0.25) is 0 Å². The van der Waals surface area contributed by atoms with E-state index in [4.69, 9.17) is 23.2 Å². The van der Waals surface area contributed by atoms with Crippen LogP contribution in [0.25, 0.3) is 11.1 Å². The van der Waals surface area contributed by atoms with Gasteiger partial charge in [0.05, 0.1) is 5.56 Å². The number of nitrogens with zero attached hydrogens (tertiary/aromatic N) is 1. The lowest BCUT2D eigenvalue weighted by atomic mass is 10.1. The summed E-state index contributed by atoms with van der Waals surface area (Å²) in [4.78, 5) is 11.5. The zero-order valence-electron chi connectivity index (χ0n) is 12.0. The number of hydrogen-bond acceptors (Lipinski definition) is 1. The van der Waals surface area contributed by atoms with Crippen molar-refractivity contribution in [1.82, 2.24) is 4.57 Å². The second-order valence-corrected chi connectivity index (χ2v) is 6.01. The Bertz CT molecular complexity index is 857. The van der Waals surface area contributed by atoms with Crippen molar-refractivity contribution >= 4 is 29.2 Å². The lowest BCUT2D eigenvalue weighted by Gasteiger charge is -2.06. The molecule has 0 atom stereocenters. The fourth-order valence-electron chi connectivity index (χ4n) is 2.46. The zero-order chi connectivity index (χ0) is 16.4. The van der Waals surface area contributed by atoms with Crippen LogP contribution < -0.4 is 0 Å². The number of aromatic carboxylic acids is 1. The third-order valence-electron chi connectivity index (χ3n) is 3.56. The second kappa shape index (κ2) is 6.49.